The van der Waals surface area contributed by atoms with E-state index >= 15 is 0 Å². The maximum Gasteiger partial charge on any atom is 0.255 e. The van der Waals surface area contributed by atoms with Gasteiger partial charge in [0.1, 0.15) is 0 Å². The number of hydrogen-bond acceptors (Lipinski definition) is 3. The van der Waals surface area contributed by atoms with Crippen LogP contribution in [0, 0.1) is 5.92 Å². The first kappa shape index (κ1) is 13.7. The minimum Gasteiger partial charge on any atom is -0.396 e. The lowest BCUT2D eigenvalue weighted by Gasteiger charge is -2.31. The molecule has 18 heavy (non-hydrogen) atoms. The van der Waals surface area contributed by atoms with Crippen molar-refractivity contribution >= 4 is 30.1 Å². The number of nitrogens with zero attached hydrogens (tertiary/aromatic N) is 1. The van der Waals surface area contributed by atoms with E-state index in [1.165, 1.54) is 0 Å². The van der Waals surface area contributed by atoms with Gasteiger partial charge in [-0.05, 0) is 37.0 Å². The van der Waals surface area contributed by atoms with Gasteiger partial charge in [0.05, 0.1) is 10.6 Å². The number of hydrogen-bond donors (Lipinski definition) is 2. The number of halogens is 1. The van der Waals surface area contributed by atoms with Crippen LogP contribution in [0.3, 0.4) is 0 Å². The smallest absolute Gasteiger partial charge is 0.255 e. The molecule has 3 nitrogen and oxygen atoms in total. The predicted molar refractivity (Wildman–Crippen MR) is 74.4 cm³/mol. The fourth-order valence-electron chi connectivity index (χ4n) is 2.17. The van der Waals surface area contributed by atoms with Crippen LogP contribution in [-0.4, -0.2) is 35.6 Å². The number of aliphatic hydroxyl groups is 1. The Labute approximate surface area is 117 Å². The van der Waals surface area contributed by atoms with Crippen LogP contribution in [-0.2, 0) is 0 Å². The number of amides is 1. The van der Waals surface area contributed by atoms with E-state index in [0.29, 0.717) is 29.6 Å². The molecule has 1 aromatic rings. The van der Waals surface area contributed by atoms with E-state index in [1.807, 2.05) is 0 Å². The van der Waals surface area contributed by atoms with Crippen molar-refractivity contribution in [3.8, 4) is 0 Å². The first-order valence-corrected chi connectivity index (χ1v) is 6.83. The van der Waals surface area contributed by atoms with Gasteiger partial charge in [0, 0.05) is 24.6 Å². The summed E-state index contributed by atoms with van der Waals surface area (Å²) in [5.41, 5.74) is 0.506. The van der Waals surface area contributed by atoms with Crippen molar-refractivity contribution in [1.82, 2.24) is 4.90 Å². The first-order chi connectivity index (χ1) is 8.61. The van der Waals surface area contributed by atoms with E-state index in [0.717, 1.165) is 17.7 Å². The number of rotatable bonds is 2. The number of carbonyl (C=O) groups is 1. The molecule has 98 valence electrons. The van der Waals surface area contributed by atoms with Gasteiger partial charge in [-0.15, -0.1) is 12.6 Å². The average Bonchev–Trinajstić information content (AvgIpc) is 2.41. The van der Waals surface area contributed by atoms with Crippen molar-refractivity contribution in [2.75, 3.05) is 19.7 Å². The summed E-state index contributed by atoms with van der Waals surface area (Å²) in [6.45, 7) is 1.56. The summed E-state index contributed by atoms with van der Waals surface area (Å²) in [5.74, 6) is 0.271. The molecule has 1 aliphatic rings. The quantitative estimate of drug-likeness (QED) is 0.820. The van der Waals surface area contributed by atoms with Crippen molar-refractivity contribution in [2.24, 2.45) is 5.92 Å². The maximum atomic E-state index is 12.3. The summed E-state index contributed by atoms with van der Waals surface area (Å²) in [6, 6.07) is 5.16. The fraction of sp³-hybridized carbons (Fsp3) is 0.462. The number of carbonyl (C=O) groups excluding carboxylic acids is 1. The molecule has 0 radical (unpaired) electrons. The minimum absolute atomic E-state index is 0.0488. The summed E-state index contributed by atoms with van der Waals surface area (Å²) < 4.78 is 0. The fourth-order valence-corrected chi connectivity index (χ4v) is 2.57. The van der Waals surface area contributed by atoms with E-state index < -0.39 is 0 Å². The van der Waals surface area contributed by atoms with Crippen molar-refractivity contribution in [1.29, 1.82) is 0 Å². The highest BCUT2D eigenvalue weighted by Gasteiger charge is 2.24. The monoisotopic (exact) mass is 285 g/mol. The van der Waals surface area contributed by atoms with Crippen LogP contribution in [0.25, 0.3) is 0 Å². The SMILES string of the molecule is O=C(c1cc(S)ccc1Cl)N1CCC(CO)CC1. The molecule has 1 amide bonds. The van der Waals surface area contributed by atoms with Gasteiger partial charge in [-0.3, -0.25) is 4.79 Å². The highest BCUT2D eigenvalue weighted by Crippen LogP contribution is 2.24. The third kappa shape index (κ3) is 2.99. The first-order valence-electron chi connectivity index (χ1n) is 6.00. The molecule has 1 aromatic carbocycles. The lowest BCUT2D eigenvalue weighted by molar-refractivity contribution is 0.0651. The Balaban J connectivity index is 2.10. The Morgan fingerprint density at radius 1 is 1.44 bits per heavy atom. The Morgan fingerprint density at radius 3 is 2.72 bits per heavy atom. The largest absolute Gasteiger partial charge is 0.396 e. The number of likely N-dealkylation sites (tertiary alicyclic amines) is 1. The predicted octanol–water partition coefficient (Wildman–Crippen LogP) is 2.47. The molecule has 0 bridgehead atoms. The maximum absolute atomic E-state index is 12.3. The van der Waals surface area contributed by atoms with Crippen molar-refractivity contribution < 1.29 is 9.90 Å². The Morgan fingerprint density at radius 2 is 2.11 bits per heavy atom. The average molecular weight is 286 g/mol. The second kappa shape index (κ2) is 5.95. The van der Waals surface area contributed by atoms with Gasteiger partial charge in [0.15, 0.2) is 0 Å². The molecule has 1 fully saturated rings. The molecular formula is C13H16ClNO2S. The standard InChI is InChI=1S/C13H16ClNO2S/c14-12-2-1-10(18)7-11(12)13(17)15-5-3-9(8-16)4-6-15/h1-2,7,9,16,18H,3-6,8H2. The van der Waals surface area contributed by atoms with E-state index in [2.05, 4.69) is 12.6 Å². The number of aliphatic hydroxyl groups excluding tert-OH is 1. The molecule has 0 spiro atoms. The highest BCUT2D eigenvalue weighted by molar-refractivity contribution is 7.80. The highest BCUT2D eigenvalue weighted by atomic mass is 35.5. The summed E-state index contributed by atoms with van der Waals surface area (Å²) in [4.78, 5) is 14.8. The molecule has 0 aromatic heterocycles. The molecule has 1 saturated heterocycles. The molecule has 2 rings (SSSR count). The van der Waals surface area contributed by atoms with Gasteiger partial charge in [0.2, 0.25) is 0 Å². The third-order valence-corrected chi connectivity index (χ3v) is 3.95. The molecule has 0 aliphatic carbocycles. The van der Waals surface area contributed by atoms with Gasteiger partial charge in [-0.1, -0.05) is 11.6 Å². The topological polar surface area (TPSA) is 40.5 Å². The van der Waals surface area contributed by atoms with Crippen LogP contribution in [0.5, 0.6) is 0 Å². The normalized spacial score (nSPS) is 16.9. The lowest BCUT2D eigenvalue weighted by Crippen LogP contribution is -2.39. The van der Waals surface area contributed by atoms with Crippen LogP contribution >= 0.6 is 24.2 Å². The van der Waals surface area contributed by atoms with Crippen LogP contribution in [0.15, 0.2) is 23.1 Å². The second-order valence-electron chi connectivity index (χ2n) is 4.58. The van der Waals surface area contributed by atoms with E-state index in [-0.39, 0.29) is 12.5 Å². The molecule has 1 N–H and O–H groups in total. The lowest BCUT2D eigenvalue weighted by atomic mass is 9.97. The van der Waals surface area contributed by atoms with Crippen LogP contribution in [0.1, 0.15) is 23.2 Å². The van der Waals surface area contributed by atoms with Crippen LogP contribution < -0.4 is 0 Å². The van der Waals surface area contributed by atoms with Crippen molar-refractivity contribution in [2.45, 2.75) is 17.7 Å². The molecular weight excluding hydrogens is 270 g/mol. The van der Waals surface area contributed by atoms with Gasteiger partial charge in [-0.25, -0.2) is 0 Å². The van der Waals surface area contributed by atoms with Crippen LogP contribution in [0.4, 0.5) is 0 Å². The number of thiol groups is 1. The molecule has 0 unspecified atom stereocenters. The zero-order valence-electron chi connectivity index (χ0n) is 9.97. The molecule has 1 aliphatic heterocycles. The summed E-state index contributed by atoms with van der Waals surface area (Å²) in [7, 11) is 0. The molecule has 5 heteroatoms. The Bertz CT molecular complexity index is 445. The van der Waals surface area contributed by atoms with Crippen molar-refractivity contribution in [3.05, 3.63) is 28.8 Å². The summed E-state index contributed by atoms with van der Waals surface area (Å²) >= 11 is 10.3. The molecule has 0 atom stereocenters. The van der Waals surface area contributed by atoms with Gasteiger partial charge < -0.3 is 10.0 Å². The Kier molecular flexibility index (Phi) is 4.54. The third-order valence-electron chi connectivity index (χ3n) is 3.34. The Hall–Kier alpha value is -0.710. The van der Waals surface area contributed by atoms with Crippen molar-refractivity contribution in [3.63, 3.8) is 0 Å². The van der Waals surface area contributed by atoms with Gasteiger partial charge in [-0.2, -0.15) is 0 Å². The second-order valence-corrected chi connectivity index (χ2v) is 5.51. The van der Waals surface area contributed by atoms with Crippen LogP contribution in [0.2, 0.25) is 5.02 Å². The van der Waals surface area contributed by atoms with Gasteiger partial charge >= 0.3 is 0 Å². The summed E-state index contributed by atoms with van der Waals surface area (Å²) in [5, 5.41) is 9.54. The minimum atomic E-state index is -0.0488. The summed E-state index contributed by atoms with van der Waals surface area (Å²) in [6.07, 6.45) is 1.70. The van der Waals surface area contributed by atoms with E-state index in [9.17, 15) is 4.79 Å². The number of benzene rings is 1. The van der Waals surface area contributed by atoms with Gasteiger partial charge in [0.25, 0.3) is 5.91 Å². The van der Waals surface area contributed by atoms with E-state index in [1.54, 1.807) is 23.1 Å². The molecule has 1 heterocycles. The zero-order chi connectivity index (χ0) is 13.1. The van der Waals surface area contributed by atoms with E-state index in [4.69, 9.17) is 16.7 Å². The number of piperidine rings is 1. The zero-order valence-corrected chi connectivity index (χ0v) is 11.6. The molecule has 0 saturated carbocycles.